The van der Waals surface area contributed by atoms with Crippen molar-refractivity contribution in [3.05, 3.63) is 54.1 Å². The molecule has 0 aliphatic carbocycles. The molecular formula is C17H20N4. The Hall–Kier alpha value is -2.36. The summed E-state index contributed by atoms with van der Waals surface area (Å²) >= 11 is 0. The van der Waals surface area contributed by atoms with Crippen LogP contribution in [0.1, 0.15) is 31.3 Å². The molecule has 0 atom stereocenters. The van der Waals surface area contributed by atoms with Gasteiger partial charge in [-0.15, -0.1) is 0 Å². The number of hydrogen-bond donors (Lipinski definition) is 1. The molecule has 3 aromatic rings. The fourth-order valence-corrected chi connectivity index (χ4v) is 2.61. The van der Waals surface area contributed by atoms with Crippen LogP contribution in [0.15, 0.2) is 42.6 Å². The number of aromatic nitrogens is 3. The van der Waals surface area contributed by atoms with E-state index in [9.17, 15) is 0 Å². The zero-order chi connectivity index (χ0) is 14.8. The van der Waals surface area contributed by atoms with Gasteiger partial charge in [0, 0.05) is 36.5 Å². The summed E-state index contributed by atoms with van der Waals surface area (Å²) in [5.41, 5.74) is 9.84. The molecule has 0 saturated heterocycles. The fraction of sp³-hybridized carbons (Fsp3) is 0.294. The Morgan fingerprint density at radius 2 is 2.05 bits per heavy atom. The van der Waals surface area contributed by atoms with Crippen molar-refractivity contribution >= 4 is 16.7 Å². The van der Waals surface area contributed by atoms with E-state index in [1.807, 2.05) is 30.5 Å². The van der Waals surface area contributed by atoms with E-state index in [0.717, 1.165) is 41.2 Å². The van der Waals surface area contributed by atoms with Crippen molar-refractivity contribution in [2.24, 2.45) is 0 Å². The number of nitrogens with zero attached hydrogens (tertiary/aromatic N) is 3. The van der Waals surface area contributed by atoms with E-state index in [1.165, 1.54) is 0 Å². The third-order valence-electron chi connectivity index (χ3n) is 3.64. The second-order valence-corrected chi connectivity index (χ2v) is 5.60. The molecule has 4 nitrogen and oxygen atoms in total. The van der Waals surface area contributed by atoms with Crippen LogP contribution in [-0.2, 0) is 13.0 Å². The van der Waals surface area contributed by atoms with Gasteiger partial charge in [-0.25, -0.2) is 4.98 Å². The van der Waals surface area contributed by atoms with Crippen molar-refractivity contribution in [2.45, 2.75) is 32.7 Å². The highest BCUT2D eigenvalue weighted by Gasteiger charge is 2.13. The van der Waals surface area contributed by atoms with Crippen molar-refractivity contribution in [3.8, 4) is 0 Å². The molecule has 0 radical (unpaired) electrons. The molecule has 0 aliphatic rings. The van der Waals surface area contributed by atoms with Gasteiger partial charge in [-0.3, -0.25) is 4.98 Å². The summed E-state index contributed by atoms with van der Waals surface area (Å²) in [6, 6.07) is 12.0. The Balaban J connectivity index is 1.97. The van der Waals surface area contributed by atoms with Crippen LogP contribution in [0.5, 0.6) is 0 Å². The van der Waals surface area contributed by atoms with Crippen LogP contribution in [0.25, 0.3) is 11.0 Å². The molecule has 1 aromatic carbocycles. The maximum Gasteiger partial charge on any atom is 0.112 e. The van der Waals surface area contributed by atoms with E-state index in [4.69, 9.17) is 10.7 Å². The van der Waals surface area contributed by atoms with Gasteiger partial charge in [-0.05, 0) is 30.3 Å². The molecule has 0 unspecified atom stereocenters. The lowest BCUT2D eigenvalue weighted by Crippen LogP contribution is -2.08. The van der Waals surface area contributed by atoms with Gasteiger partial charge >= 0.3 is 0 Å². The highest BCUT2D eigenvalue weighted by Crippen LogP contribution is 2.24. The van der Waals surface area contributed by atoms with Crippen LogP contribution in [0.3, 0.4) is 0 Å². The predicted molar refractivity (Wildman–Crippen MR) is 86.2 cm³/mol. The third kappa shape index (κ3) is 2.75. The SMILES string of the molecule is CC(C)c1nc2cc(N)ccc2n1CCc1ccccn1. The number of nitrogens with two attached hydrogens (primary N) is 1. The van der Waals surface area contributed by atoms with E-state index in [0.29, 0.717) is 5.92 Å². The molecule has 3 rings (SSSR count). The number of imidazole rings is 1. The summed E-state index contributed by atoms with van der Waals surface area (Å²) in [5.74, 6) is 1.48. The van der Waals surface area contributed by atoms with Crippen molar-refractivity contribution in [3.63, 3.8) is 0 Å². The number of benzene rings is 1. The van der Waals surface area contributed by atoms with Crippen LogP contribution in [0.4, 0.5) is 5.69 Å². The monoisotopic (exact) mass is 280 g/mol. The van der Waals surface area contributed by atoms with Crippen molar-refractivity contribution in [1.29, 1.82) is 0 Å². The first-order valence-electron chi connectivity index (χ1n) is 7.30. The Morgan fingerprint density at radius 1 is 1.19 bits per heavy atom. The van der Waals surface area contributed by atoms with E-state index in [2.05, 4.69) is 35.5 Å². The molecule has 2 N–H and O–H groups in total. The van der Waals surface area contributed by atoms with Gasteiger partial charge in [0.15, 0.2) is 0 Å². The van der Waals surface area contributed by atoms with Crippen LogP contribution in [0.2, 0.25) is 0 Å². The van der Waals surface area contributed by atoms with Gasteiger partial charge < -0.3 is 10.3 Å². The minimum atomic E-state index is 0.377. The first-order chi connectivity index (χ1) is 10.1. The number of anilines is 1. The molecule has 21 heavy (non-hydrogen) atoms. The lowest BCUT2D eigenvalue weighted by molar-refractivity contribution is 0.628. The Labute approximate surface area is 124 Å². The van der Waals surface area contributed by atoms with Gasteiger partial charge in [0.1, 0.15) is 5.82 Å². The minimum Gasteiger partial charge on any atom is -0.399 e. The van der Waals surface area contributed by atoms with Crippen molar-refractivity contribution in [1.82, 2.24) is 14.5 Å². The van der Waals surface area contributed by atoms with Crippen LogP contribution in [-0.4, -0.2) is 14.5 Å². The summed E-state index contributed by atoms with van der Waals surface area (Å²) < 4.78 is 2.29. The molecule has 0 fully saturated rings. The van der Waals surface area contributed by atoms with Gasteiger partial charge in [-0.1, -0.05) is 19.9 Å². The second kappa shape index (κ2) is 5.56. The predicted octanol–water partition coefficient (Wildman–Crippen LogP) is 3.38. The molecule has 0 aliphatic heterocycles. The molecule has 0 spiro atoms. The average molecular weight is 280 g/mol. The van der Waals surface area contributed by atoms with Gasteiger partial charge in [0.25, 0.3) is 0 Å². The molecule has 2 aromatic heterocycles. The Bertz CT molecular complexity index is 744. The van der Waals surface area contributed by atoms with Crippen LogP contribution >= 0.6 is 0 Å². The van der Waals surface area contributed by atoms with Crippen LogP contribution in [0, 0.1) is 0 Å². The van der Waals surface area contributed by atoms with Gasteiger partial charge in [0.05, 0.1) is 11.0 Å². The first kappa shape index (κ1) is 13.6. The van der Waals surface area contributed by atoms with E-state index in [1.54, 1.807) is 0 Å². The summed E-state index contributed by atoms with van der Waals surface area (Å²) in [6.07, 6.45) is 2.74. The Kier molecular flexibility index (Phi) is 3.60. The summed E-state index contributed by atoms with van der Waals surface area (Å²) in [6.45, 7) is 5.22. The quantitative estimate of drug-likeness (QED) is 0.745. The van der Waals surface area contributed by atoms with E-state index >= 15 is 0 Å². The summed E-state index contributed by atoms with van der Waals surface area (Å²) in [7, 11) is 0. The number of aryl methyl sites for hydroxylation is 2. The Morgan fingerprint density at radius 3 is 2.76 bits per heavy atom. The second-order valence-electron chi connectivity index (χ2n) is 5.60. The maximum atomic E-state index is 5.87. The van der Waals surface area contributed by atoms with Gasteiger partial charge in [0.2, 0.25) is 0 Å². The molecule has 108 valence electrons. The number of hydrogen-bond acceptors (Lipinski definition) is 3. The molecule has 0 saturated carbocycles. The molecule has 0 bridgehead atoms. The summed E-state index contributed by atoms with van der Waals surface area (Å²) in [4.78, 5) is 9.14. The highest BCUT2D eigenvalue weighted by atomic mass is 15.1. The number of pyridine rings is 1. The first-order valence-corrected chi connectivity index (χ1v) is 7.30. The third-order valence-corrected chi connectivity index (χ3v) is 3.64. The largest absolute Gasteiger partial charge is 0.399 e. The fourth-order valence-electron chi connectivity index (χ4n) is 2.61. The smallest absolute Gasteiger partial charge is 0.112 e. The van der Waals surface area contributed by atoms with Gasteiger partial charge in [-0.2, -0.15) is 0 Å². The molecular weight excluding hydrogens is 260 g/mol. The topological polar surface area (TPSA) is 56.7 Å². The normalized spacial score (nSPS) is 11.4. The van der Waals surface area contributed by atoms with E-state index < -0.39 is 0 Å². The lowest BCUT2D eigenvalue weighted by atomic mass is 10.2. The lowest BCUT2D eigenvalue weighted by Gasteiger charge is -2.11. The number of fused-ring (bicyclic) bond motifs is 1. The van der Waals surface area contributed by atoms with E-state index in [-0.39, 0.29) is 0 Å². The molecule has 2 heterocycles. The minimum absolute atomic E-state index is 0.377. The highest BCUT2D eigenvalue weighted by molar-refractivity contribution is 5.79. The zero-order valence-electron chi connectivity index (χ0n) is 12.5. The molecule has 4 heteroatoms. The average Bonchev–Trinajstić information content (AvgIpc) is 2.84. The van der Waals surface area contributed by atoms with Crippen molar-refractivity contribution < 1.29 is 0 Å². The standard InChI is InChI=1S/C17H20N4/c1-12(2)17-20-15-11-13(18)6-7-16(15)21(17)10-8-14-5-3-4-9-19-14/h3-7,9,11-12H,8,10,18H2,1-2H3. The summed E-state index contributed by atoms with van der Waals surface area (Å²) in [5, 5.41) is 0. The van der Waals surface area contributed by atoms with Crippen molar-refractivity contribution in [2.75, 3.05) is 5.73 Å². The number of rotatable bonds is 4. The van der Waals surface area contributed by atoms with Crippen LogP contribution < -0.4 is 5.73 Å². The number of nitrogen functional groups attached to an aromatic ring is 1. The zero-order valence-corrected chi connectivity index (χ0v) is 12.5. The maximum absolute atomic E-state index is 5.87. The molecule has 0 amide bonds.